The molecule has 2 N–H and O–H groups in total. The monoisotopic (exact) mass is 231 g/mol. The fraction of sp³-hybridized carbons (Fsp3) is 0.500. The fourth-order valence-corrected chi connectivity index (χ4v) is 1.82. The van der Waals surface area contributed by atoms with Gasteiger partial charge in [-0.3, -0.25) is 0 Å². The first-order chi connectivity index (χ1) is 7.47. The quantitative estimate of drug-likeness (QED) is 0.804. The van der Waals surface area contributed by atoms with Gasteiger partial charge in [0.05, 0.1) is 17.8 Å². The standard InChI is InChI=1S/C10H12F3N3/c11-10(12,13)7-3-4-16(6-7)9-2-1-8(14)5-15-9/h1-2,5,7H,3-4,6,14H2/t7-/m1/s1. The summed E-state index contributed by atoms with van der Waals surface area (Å²) in [4.78, 5) is 5.65. The molecule has 16 heavy (non-hydrogen) atoms. The van der Waals surface area contributed by atoms with Crippen LogP contribution < -0.4 is 10.6 Å². The minimum Gasteiger partial charge on any atom is -0.397 e. The highest BCUT2D eigenvalue weighted by molar-refractivity contribution is 5.46. The molecule has 0 spiro atoms. The third kappa shape index (κ3) is 2.20. The van der Waals surface area contributed by atoms with Gasteiger partial charge in [-0.25, -0.2) is 4.98 Å². The minimum absolute atomic E-state index is 0.0135. The Bertz CT molecular complexity index is 361. The van der Waals surface area contributed by atoms with E-state index in [2.05, 4.69) is 4.98 Å². The van der Waals surface area contributed by atoms with Crippen molar-refractivity contribution in [2.75, 3.05) is 23.7 Å². The number of pyridine rings is 1. The maximum atomic E-state index is 12.4. The van der Waals surface area contributed by atoms with E-state index in [9.17, 15) is 13.2 Å². The van der Waals surface area contributed by atoms with Gasteiger partial charge in [-0.2, -0.15) is 13.2 Å². The summed E-state index contributed by atoms with van der Waals surface area (Å²) in [5.74, 6) is -0.687. The molecule has 1 atom stereocenters. The van der Waals surface area contributed by atoms with E-state index in [1.54, 1.807) is 17.0 Å². The van der Waals surface area contributed by atoms with Crippen molar-refractivity contribution in [1.29, 1.82) is 0 Å². The van der Waals surface area contributed by atoms with E-state index in [4.69, 9.17) is 5.73 Å². The molecule has 0 unspecified atom stereocenters. The Morgan fingerprint density at radius 3 is 2.62 bits per heavy atom. The highest BCUT2D eigenvalue weighted by atomic mass is 19.4. The number of alkyl halides is 3. The average Bonchev–Trinajstić information content (AvgIpc) is 2.67. The number of hydrogen-bond donors (Lipinski definition) is 1. The lowest BCUT2D eigenvalue weighted by atomic mass is 10.1. The Kier molecular flexibility index (Phi) is 2.65. The summed E-state index contributed by atoms with van der Waals surface area (Å²) in [5.41, 5.74) is 5.97. The van der Waals surface area contributed by atoms with Gasteiger partial charge in [-0.15, -0.1) is 0 Å². The Morgan fingerprint density at radius 2 is 2.12 bits per heavy atom. The summed E-state index contributed by atoms with van der Waals surface area (Å²) in [6.45, 7) is 0.377. The van der Waals surface area contributed by atoms with Gasteiger partial charge in [0.25, 0.3) is 0 Å². The number of nitrogens with two attached hydrogens (primary N) is 1. The third-order valence-corrected chi connectivity index (χ3v) is 2.75. The van der Waals surface area contributed by atoms with Gasteiger partial charge >= 0.3 is 6.18 Å². The molecule has 0 aliphatic carbocycles. The van der Waals surface area contributed by atoms with E-state index in [1.807, 2.05) is 0 Å². The van der Waals surface area contributed by atoms with Gasteiger partial charge in [0.2, 0.25) is 0 Å². The molecule has 2 rings (SSSR count). The van der Waals surface area contributed by atoms with Crippen molar-refractivity contribution < 1.29 is 13.2 Å². The zero-order chi connectivity index (χ0) is 11.8. The summed E-state index contributed by atoms with van der Waals surface area (Å²) in [6.07, 6.45) is -2.52. The largest absolute Gasteiger partial charge is 0.397 e. The zero-order valence-corrected chi connectivity index (χ0v) is 8.54. The summed E-state index contributed by atoms with van der Waals surface area (Å²) < 4.78 is 37.3. The van der Waals surface area contributed by atoms with Crippen LogP contribution in [0.15, 0.2) is 18.3 Å². The maximum Gasteiger partial charge on any atom is 0.393 e. The summed E-state index contributed by atoms with van der Waals surface area (Å²) >= 11 is 0. The SMILES string of the molecule is Nc1ccc(N2CC[C@@H](C(F)(F)F)C2)nc1. The van der Waals surface area contributed by atoms with Crippen LogP contribution in [0.25, 0.3) is 0 Å². The van der Waals surface area contributed by atoms with Crippen LogP contribution in [-0.2, 0) is 0 Å². The third-order valence-electron chi connectivity index (χ3n) is 2.75. The first kappa shape index (κ1) is 11.0. The summed E-state index contributed by atoms with van der Waals surface area (Å²) in [7, 11) is 0. The molecular weight excluding hydrogens is 219 g/mol. The molecule has 88 valence electrons. The van der Waals surface area contributed by atoms with Crippen LogP contribution in [0, 0.1) is 5.92 Å². The Balaban J connectivity index is 2.06. The van der Waals surface area contributed by atoms with Gasteiger partial charge in [0.15, 0.2) is 0 Å². The van der Waals surface area contributed by atoms with E-state index < -0.39 is 12.1 Å². The number of aromatic nitrogens is 1. The maximum absolute atomic E-state index is 12.4. The van der Waals surface area contributed by atoms with Crippen molar-refractivity contribution in [2.45, 2.75) is 12.6 Å². The lowest BCUT2D eigenvalue weighted by molar-refractivity contribution is -0.168. The number of halogens is 3. The number of hydrogen-bond acceptors (Lipinski definition) is 3. The molecule has 1 aliphatic rings. The Labute approximate surface area is 91.1 Å². The molecule has 1 aromatic rings. The predicted molar refractivity (Wildman–Crippen MR) is 55.0 cm³/mol. The highest BCUT2D eigenvalue weighted by Gasteiger charge is 2.43. The van der Waals surface area contributed by atoms with Crippen molar-refractivity contribution in [3.8, 4) is 0 Å². The smallest absolute Gasteiger partial charge is 0.393 e. The minimum atomic E-state index is -4.11. The number of nitrogen functional groups attached to an aromatic ring is 1. The van der Waals surface area contributed by atoms with Gasteiger partial charge < -0.3 is 10.6 Å². The molecule has 0 radical (unpaired) electrons. The molecule has 0 bridgehead atoms. The van der Waals surface area contributed by atoms with Crippen LogP contribution in [0.2, 0.25) is 0 Å². The van der Waals surface area contributed by atoms with Crippen molar-refractivity contribution >= 4 is 11.5 Å². The summed E-state index contributed by atoms with van der Waals surface area (Å²) in [6, 6.07) is 3.29. The van der Waals surface area contributed by atoms with Gasteiger partial charge in [0.1, 0.15) is 5.82 Å². The molecular formula is C10H12F3N3. The van der Waals surface area contributed by atoms with Gasteiger partial charge in [0, 0.05) is 13.1 Å². The summed E-state index contributed by atoms with van der Waals surface area (Å²) in [5, 5.41) is 0. The number of rotatable bonds is 1. The molecule has 0 aromatic carbocycles. The highest BCUT2D eigenvalue weighted by Crippen LogP contribution is 2.34. The zero-order valence-electron chi connectivity index (χ0n) is 8.54. The number of anilines is 2. The van der Waals surface area contributed by atoms with Gasteiger partial charge in [-0.1, -0.05) is 0 Å². The van der Waals surface area contributed by atoms with E-state index in [0.29, 0.717) is 18.1 Å². The van der Waals surface area contributed by atoms with E-state index in [-0.39, 0.29) is 13.0 Å². The normalized spacial score (nSPS) is 21.4. The molecule has 1 saturated heterocycles. The molecule has 1 aliphatic heterocycles. The Hall–Kier alpha value is -1.46. The van der Waals surface area contributed by atoms with Crippen molar-refractivity contribution in [3.05, 3.63) is 18.3 Å². The van der Waals surface area contributed by atoms with Crippen LogP contribution >= 0.6 is 0 Å². The van der Waals surface area contributed by atoms with Crippen LogP contribution in [0.4, 0.5) is 24.7 Å². The molecule has 2 heterocycles. The van der Waals surface area contributed by atoms with Crippen LogP contribution in [0.1, 0.15) is 6.42 Å². The van der Waals surface area contributed by atoms with Gasteiger partial charge in [-0.05, 0) is 18.6 Å². The molecule has 0 amide bonds. The van der Waals surface area contributed by atoms with Crippen molar-refractivity contribution in [2.24, 2.45) is 5.92 Å². The lowest BCUT2D eigenvalue weighted by Gasteiger charge is -2.18. The lowest BCUT2D eigenvalue weighted by Crippen LogP contribution is -2.27. The van der Waals surface area contributed by atoms with Crippen molar-refractivity contribution in [1.82, 2.24) is 4.98 Å². The molecule has 0 saturated carbocycles. The predicted octanol–water partition coefficient (Wildman–Crippen LogP) is 2.05. The Morgan fingerprint density at radius 1 is 1.38 bits per heavy atom. The molecule has 1 fully saturated rings. The van der Waals surface area contributed by atoms with E-state index >= 15 is 0 Å². The van der Waals surface area contributed by atoms with Crippen molar-refractivity contribution in [3.63, 3.8) is 0 Å². The van der Waals surface area contributed by atoms with E-state index in [0.717, 1.165) is 0 Å². The first-order valence-corrected chi connectivity index (χ1v) is 5.00. The van der Waals surface area contributed by atoms with E-state index in [1.165, 1.54) is 6.20 Å². The second kappa shape index (κ2) is 3.84. The molecule has 1 aromatic heterocycles. The second-order valence-corrected chi connectivity index (χ2v) is 3.92. The van der Waals surface area contributed by atoms with Crippen LogP contribution in [0.3, 0.4) is 0 Å². The fourth-order valence-electron chi connectivity index (χ4n) is 1.82. The average molecular weight is 231 g/mol. The first-order valence-electron chi connectivity index (χ1n) is 5.00. The molecule has 6 heteroatoms. The number of nitrogens with zero attached hydrogens (tertiary/aromatic N) is 2. The van der Waals surface area contributed by atoms with Crippen LogP contribution in [0.5, 0.6) is 0 Å². The molecule has 3 nitrogen and oxygen atoms in total. The topological polar surface area (TPSA) is 42.1 Å². The second-order valence-electron chi connectivity index (χ2n) is 3.92. The van der Waals surface area contributed by atoms with Crippen LogP contribution in [-0.4, -0.2) is 24.2 Å².